The first-order chi connectivity index (χ1) is 8.47. The molecule has 0 aliphatic carbocycles. The van der Waals surface area contributed by atoms with E-state index in [2.05, 4.69) is 31.0 Å². The molecule has 18 heavy (non-hydrogen) atoms. The van der Waals surface area contributed by atoms with Crippen LogP contribution in [0.25, 0.3) is 0 Å². The molecule has 0 aliphatic heterocycles. The lowest BCUT2D eigenvalue weighted by atomic mass is 9.86. The van der Waals surface area contributed by atoms with Crippen molar-refractivity contribution < 1.29 is 9.15 Å². The highest BCUT2D eigenvalue weighted by Gasteiger charge is 2.18. The summed E-state index contributed by atoms with van der Waals surface area (Å²) in [6.45, 7) is 6.48. The SMILES string of the molecule is CC(C)(C)c1ccccc1OCc1n[nH]c(=O)o1. The first kappa shape index (κ1) is 12.4. The molecular weight excluding hydrogens is 232 g/mol. The lowest BCUT2D eigenvalue weighted by molar-refractivity contribution is 0.254. The van der Waals surface area contributed by atoms with Crippen LogP contribution < -0.4 is 10.5 Å². The zero-order valence-corrected chi connectivity index (χ0v) is 10.7. The van der Waals surface area contributed by atoms with Crippen LogP contribution in [-0.2, 0) is 12.0 Å². The molecule has 1 aromatic carbocycles. The largest absolute Gasteiger partial charge is 0.484 e. The molecule has 5 heteroatoms. The lowest BCUT2D eigenvalue weighted by Gasteiger charge is -2.22. The molecule has 0 fully saturated rings. The average Bonchev–Trinajstić information content (AvgIpc) is 2.72. The summed E-state index contributed by atoms with van der Waals surface area (Å²) in [6.07, 6.45) is 0. The molecule has 0 amide bonds. The molecule has 1 heterocycles. The van der Waals surface area contributed by atoms with E-state index >= 15 is 0 Å². The van der Waals surface area contributed by atoms with Crippen molar-refractivity contribution in [1.82, 2.24) is 10.2 Å². The van der Waals surface area contributed by atoms with Gasteiger partial charge in [0, 0.05) is 0 Å². The zero-order valence-electron chi connectivity index (χ0n) is 10.7. The van der Waals surface area contributed by atoms with Crippen LogP contribution in [0, 0.1) is 0 Å². The van der Waals surface area contributed by atoms with Crippen LogP contribution in [0.2, 0.25) is 0 Å². The molecule has 0 spiro atoms. The Morgan fingerprint density at radius 3 is 2.67 bits per heavy atom. The van der Waals surface area contributed by atoms with Crippen LogP contribution in [0.15, 0.2) is 33.5 Å². The second-order valence-corrected chi connectivity index (χ2v) is 5.04. The number of nitrogens with zero attached hydrogens (tertiary/aromatic N) is 1. The fourth-order valence-electron chi connectivity index (χ4n) is 1.67. The van der Waals surface area contributed by atoms with Crippen molar-refractivity contribution >= 4 is 0 Å². The molecule has 0 saturated heterocycles. The van der Waals surface area contributed by atoms with Crippen LogP contribution in [0.4, 0.5) is 0 Å². The number of hydrogen-bond acceptors (Lipinski definition) is 4. The van der Waals surface area contributed by atoms with Crippen LogP contribution >= 0.6 is 0 Å². The van der Waals surface area contributed by atoms with Gasteiger partial charge in [0.15, 0.2) is 6.61 Å². The van der Waals surface area contributed by atoms with Gasteiger partial charge in [0.05, 0.1) is 0 Å². The van der Waals surface area contributed by atoms with Crippen LogP contribution in [0.3, 0.4) is 0 Å². The summed E-state index contributed by atoms with van der Waals surface area (Å²) in [7, 11) is 0. The first-order valence-corrected chi connectivity index (χ1v) is 5.73. The summed E-state index contributed by atoms with van der Waals surface area (Å²) < 4.78 is 10.4. The molecule has 0 bridgehead atoms. The van der Waals surface area contributed by atoms with Gasteiger partial charge in [-0.25, -0.2) is 9.89 Å². The van der Waals surface area contributed by atoms with E-state index in [1.165, 1.54) is 0 Å². The van der Waals surface area contributed by atoms with Gasteiger partial charge in [0.1, 0.15) is 5.75 Å². The van der Waals surface area contributed by atoms with Gasteiger partial charge in [0.25, 0.3) is 5.89 Å². The van der Waals surface area contributed by atoms with Crippen molar-refractivity contribution in [1.29, 1.82) is 0 Å². The summed E-state index contributed by atoms with van der Waals surface area (Å²) in [4.78, 5) is 10.8. The number of rotatable bonds is 3. The van der Waals surface area contributed by atoms with Gasteiger partial charge in [-0.2, -0.15) is 0 Å². The maximum Gasteiger partial charge on any atom is 0.434 e. The standard InChI is InChI=1S/C13H16N2O3/c1-13(2,3)9-6-4-5-7-10(9)17-8-11-14-15-12(16)18-11/h4-7H,8H2,1-3H3,(H,15,16). The molecule has 0 radical (unpaired) electrons. The van der Waals surface area contributed by atoms with Crippen LogP contribution in [0.5, 0.6) is 5.75 Å². The van der Waals surface area contributed by atoms with E-state index < -0.39 is 5.76 Å². The van der Waals surface area contributed by atoms with Gasteiger partial charge >= 0.3 is 5.76 Å². The first-order valence-electron chi connectivity index (χ1n) is 5.73. The van der Waals surface area contributed by atoms with Gasteiger partial charge in [-0.1, -0.05) is 39.0 Å². The van der Waals surface area contributed by atoms with Crippen molar-refractivity contribution in [3.63, 3.8) is 0 Å². The van der Waals surface area contributed by atoms with E-state index in [-0.39, 0.29) is 17.9 Å². The molecule has 0 saturated carbocycles. The molecule has 2 aromatic rings. The fraction of sp³-hybridized carbons (Fsp3) is 0.385. The number of benzene rings is 1. The number of ether oxygens (including phenoxy) is 1. The molecule has 1 aromatic heterocycles. The Morgan fingerprint density at radius 1 is 1.33 bits per heavy atom. The minimum atomic E-state index is -0.572. The predicted molar refractivity (Wildman–Crippen MR) is 66.6 cm³/mol. The third-order valence-corrected chi connectivity index (χ3v) is 2.53. The molecular formula is C13H16N2O3. The number of nitrogens with one attached hydrogen (secondary N) is 1. The van der Waals surface area contributed by atoms with E-state index in [4.69, 9.17) is 9.15 Å². The number of aromatic nitrogens is 2. The average molecular weight is 248 g/mol. The van der Waals surface area contributed by atoms with E-state index in [0.29, 0.717) is 0 Å². The number of hydrogen-bond donors (Lipinski definition) is 1. The van der Waals surface area contributed by atoms with E-state index in [1.807, 2.05) is 24.3 Å². The quantitative estimate of drug-likeness (QED) is 0.904. The Morgan fingerprint density at radius 2 is 2.06 bits per heavy atom. The van der Waals surface area contributed by atoms with Crippen molar-refractivity contribution in [3.05, 3.63) is 46.3 Å². The van der Waals surface area contributed by atoms with Crippen molar-refractivity contribution in [2.45, 2.75) is 32.8 Å². The molecule has 96 valence electrons. The molecule has 0 unspecified atom stereocenters. The second-order valence-electron chi connectivity index (χ2n) is 5.04. The van der Waals surface area contributed by atoms with Crippen LogP contribution in [0.1, 0.15) is 32.2 Å². The second kappa shape index (κ2) is 4.68. The summed E-state index contributed by atoms with van der Waals surface area (Å²) in [5, 5.41) is 5.89. The Hall–Kier alpha value is -2.04. The fourth-order valence-corrected chi connectivity index (χ4v) is 1.67. The van der Waals surface area contributed by atoms with Gasteiger partial charge in [-0.15, -0.1) is 5.10 Å². The number of para-hydroxylation sites is 1. The highest BCUT2D eigenvalue weighted by Crippen LogP contribution is 2.31. The lowest BCUT2D eigenvalue weighted by Crippen LogP contribution is -2.13. The van der Waals surface area contributed by atoms with Crippen molar-refractivity contribution in [2.75, 3.05) is 0 Å². The molecule has 5 nitrogen and oxygen atoms in total. The van der Waals surface area contributed by atoms with Gasteiger partial charge in [-0.3, -0.25) is 0 Å². The van der Waals surface area contributed by atoms with Gasteiger partial charge in [0.2, 0.25) is 0 Å². The predicted octanol–water partition coefficient (Wildman–Crippen LogP) is 2.24. The Labute approximate surface area is 105 Å². The Bertz CT molecular complexity index is 578. The maximum absolute atomic E-state index is 10.8. The Balaban J connectivity index is 2.17. The number of aromatic amines is 1. The summed E-state index contributed by atoms with van der Waals surface area (Å²) >= 11 is 0. The number of H-pyrrole nitrogens is 1. The van der Waals surface area contributed by atoms with E-state index in [9.17, 15) is 4.79 Å². The Kier molecular flexibility index (Phi) is 3.23. The van der Waals surface area contributed by atoms with Gasteiger partial charge in [-0.05, 0) is 17.0 Å². The minimum Gasteiger partial charge on any atom is -0.484 e. The monoisotopic (exact) mass is 248 g/mol. The van der Waals surface area contributed by atoms with E-state index in [0.717, 1.165) is 11.3 Å². The third-order valence-electron chi connectivity index (χ3n) is 2.53. The summed E-state index contributed by atoms with van der Waals surface area (Å²) in [6, 6.07) is 7.80. The highest BCUT2D eigenvalue weighted by atomic mass is 16.5. The van der Waals surface area contributed by atoms with Crippen LogP contribution in [-0.4, -0.2) is 10.2 Å². The highest BCUT2D eigenvalue weighted by molar-refractivity contribution is 5.38. The van der Waals surface area contributed by atoms with Gasteiger partial charge < -0.3 is 9.15 Å². The maximum atomic E-state index is 10.8. The van der Waals surface area contributed by atoms with Crippen molar-refractivity contribution in [2.24, 2.45) is 0 Å². The summed E-state index contributed by atoms with van der Waals surface area (Å²) in [5.74, 6) is 0.442. The molecule has 2 rings (SSSR count). The summed E-state index contributed by atoms with van der Waals surface area (Å²) in [5.41, 5.74) is 1.09. The molecule has 0 aliphatic rings. The van der Waals surface area contributed by atoms with Crippen molar-refractivity contribution in [3.8, 4) is 5.75 Å². The zero-order chi connectivity index (χ0) is 13.2. The molecule has 0 atom stereocenters. The van der Waals surface area contributed by atoms with E-state index in [1.54, 1.807) is 0 Å². The minimum absolute atomic E-state index is 0.0109. The topological polar surface area (TPSA) is 68.1 Å². The third kappa shape index (κ3) is 2.80. The smallest absolute Gasteiger partial charge is 0.434 e. The molecule has 1 N–H and O–H groups in total. The normalized spacial score (nSPS) is 11.5.